The SMILES string of the molecule is FC(F)(F)c1ccccc1CON=CC1CCCCC1. The van der Waals surface area contributed by atoms with Crippen LogP contribution >= 0.6 is 0 Å². The van der Waals surface area contributed by atoms with Crippen LogP contribution in [0.2, 0.25) is 0 Å². The van der Waals surface area contributed by atoms with Gasteiger partial charge in [-0.05, 0) is 24.8 Å². The maximum Gasteiger partial charge on any atom is 0.416 e. The number of oxime groups is 1. The smallest absolute Gasteiger partial charge is 0.391 e. The third-order valence-electron chi connectivity index (χ3n) is 3.54. The van der Waals surface area contributed by atoms with Gasteiger partial charge in [-0.15, -0.1) is 0 Å². The molecule has 1 aliphatic rings. The summed E-state index contributed by atoms with van der Waals surface area (Å²) in [6.45, 7) is -0.154. The third-order valence-corrected chi connectivity index (χ3v) is 3.54. The highest BCUT2D eigenvalue weighted by molar-refractivity contribution is 5.59. The maximum absolute atomic E-state index is 12.8. The molecule has 5 heteroatoms. The summed E-state index contributed by atoms with van der Waals surface area (Å²) in [5, 5.41) is 3.82. The van der Waals surface area contributed by atoms with Gasteiger partial charge in [0.1, 0.15) is 6.61 Å². The molecule has 0 heterocycles. The molecule has 1 aromatic carbocycles. The molecule has 1 fully saturated rings. The quantitative estimate of drug-likeness (QED) is 0.576. The molecule has 0 bridgehead atoms. The lowest BCUT2D eigenvalue weighted by Gasteiger charge is -2.16. The van der Waals surface area contributed by atoms with Crippen LogP contribution in [0.5, 0.6) is 0 Å². The largest absolute Gasteiger partial charge is 0.416 e. The third kappa shape index (κ3) is 4.25. The monoisotopic (exact) mass is 285 g/mol. The molecular formula is C15H18F3NO. The van der Waals surface area contributed by atoms with Crippen molar-refractivity contribution >= 4 is 6.21 Å². The zero-order valence-electron chi connectivity index (χ0n) is 11.2. The number of alkyl halides is 3. The van der Waals surface area contributed by atoms with Crippen LogP contribution in [0.3, 0.4) is 0 Å². The van der Waals surface area contributed by atoms with Crippen molar-refractivity contribution in [3.8, 4) is 0 Å². The van der Waals surface area contributed by atoms with Crippen molar-refractivity contribution in [1.29, 1.82) is 0 Å². The molecule has 0 radical (unpaired) electrons. The first kappa shape index (κ1) is 14.9. The van der Waals surface area contributed by atoms with Crippen molar-refractivity contribution in [2.45, 2.75) is 44.9 Å². The zero-order chi connectivity index (χ0) is 14.4. The number of hydrogen-bond donors (Lipinski definition) is 0. The van der Waals surface area contributed by atoms with E-state index in [4.69, 9.17) is 4.84 Å². The van der Waals surface area contributed by atoms with Crippen LogP contribution < -0.4 is 0 Å². The molecule has 0 atom stereocenters. The molecule has 0 spiro atoms. The fraction of sp³-hybridized carbons (Fsp3) is 0.533. The Morgan fingerprint density at radius 1 is 1.15 bits per heavy atom. The van der Waals surface area contributed by atoms with Gasteiger partial charge in [-0.3, -0.25) is 0 Å². The van der Waals surface area contributed by atoms with Crippen LogP contribution in [-0.4, -0.2) is 6.21 Å². The zero-order valence-corrected chi connectivity index (χ0v) is 11.2. The lowest BCUT2D eigenvalue weighted by molar-refractivity contribution is -0.138. The van der Waals surface area contributed by atoms with Gasteiger partial charge in [0.2, 0.25) is 0 Å². The van der Waals surface area contributed by atoms with Crippen LogP contribution in [0.4, 0.5) is 13.2 Å². The van der Waals surface area contributed by atoms with E-state index >= 15 is 0 Å². The van der Waals surface area contributed by atoms with E-state index in [2.05, 4.69) is 5.16 Å². The second kappa shape index (κ2) is 6.77. The van der Waals surface area contributed by atoms with Gasteiger partial charge >= 0.3 is 6.18 Å². The molecule has 0 aliphatic heterocycles. The number of halogens is 3. The van der Waals surface area contributed by atoms with E-state index in [1.807, 2.05) is 0 Å². The summed E-state index contributed by atoms with van der Waals surface area (Å²) in [4.78, 5) is 5.03. The van der Waals surface area contributed by atoms with Crippen LogP contribution in [0.1, 0.15) is 43.2 Å². The Morgan fingerprint density at radius 2 is 1.85 bits per heavy atom. The van der Waals surface area contributed by atoms with E-state index in [0.717, 1.165) is 18.9 Å². The predicted molar refractivity (Wildman–Crippen MR) is 71.3 cm³/mol. The summed E-state index contributed by atoms with van der Waals surface area (Å²) in [5.41, 5.74) is -0.548. The second-order valence-electron chi connectivity index (χ2n) is 5.08. The van der Waals surface area contributed by atoms with E-state index < -0.39 is 11.7 Å². The molecule has 1 aliphatic carbocycles. The minimum atomic E-state index is -4.35. The Kier molecular flexibility index (Phi) is 5.04. The highest BCUT2D eigenvalue weighted by atomic mass is 19.4. The number of hydrogen-bond acceptors (Lipinski definition) is 2. The topological polar surface area (TPSA) is 21.6 Å². The van der Waals surface area contributed by atoms with Gasteiger partial charge in [-0.25, -0.2) is 0 Å². The summed E-state index contributed by atoms with van der Waals surface area (Å²) in [7, 11) is 0. The normalized spacial score (nSPS) is 17.6. The molecule has 1 aromatic rings. The van der Waals surface area contributed by atoms with Gasteiger partial charge < -0.3 is 4.84 Å². The van der Waals surface area contributed by atoms with Gasteiger partial charge in [0.05, 0.1) is 5.56 Å². The Morgan fingerprint density at radius 3 is 2.55 bits per heavy atom. The average Bonchev–Trinajstić information content (AvgIpc) is 2.44. The summed E-state index contributed by atoms with van der Waals surface area (Å²) < 4.78 is 38.3. The van der Waals surface area contributed by atoms with E-state index in [9.17, 15) is 13.2 Å². The van der Waals surface area contributed by atoms with Crippen LogP contribution in [-0.2, 0) is 17.6 Å². The minimum Gasteiger partial charge on any atom is -0.391 e. The predicted octanol–water partition coefficient (Wildman–Crippen LogP) is 4.79. The first-order valence-corrected chi connectivity index (χ1v) is 6.88. The number of benzene rings is 1. The van der Waals surface area contributed by atoms with E-state index in [-0.39, 0.29) is 12.2 Å². The average molecular weight is 285 g/mol. The van der Waals surface area contributed by atoms with E-state index in [0.29, 0.717) is 5.92 Å². The molecule has 1 saturated carbocycles. The Hall–Kier alpha value is -1.52. The molecule has 2 nitrogen and oxygen atoms in total. The molecule has 20 heavy (non-hydrogen) atoms. The highest BCUT2D eigenvalue weighted by Crippen LogP contribution is 2.32. The number of nitrogens with zero attached hydrogens (tertiary/aromatic N) is 1. The molecule has 0 unspecified atom stereocenters. The van der Waals surface area contributed by atoms with Gasteiger partial charge in [-0.1, -0.05) is 42.6 Å². The fourth-order valence-corrected chi connectivity index (χ4v) is 2.44. The Bertz CT molecular complexity index is 451. The Balaban J connectivity index is 1.89. The fourth-order valence-electron chi connectivity index (χ4n) is 2.44. The standard InChI is InChI=1S/C15H18F3NO/c16-15(17,18)14-9-5-4-8-13(14)11-20-19-10-12-6-2-1-3-7-12/h4-5,8-10,12H,1-3,6-7,11H2. The van der Waals surface area contributed by atoms with Crippen LogP contribution in [0.15, 0.2) is 29.4 Å². The summed E-state index contributed by atoms with van der Waals surface area (Å²) in [6.07, 6.45) is 3.19. The molecular weight excluding hydrogens is 267 g/mol. The van der Waals surface area contributed by atoms with E-state index in [1.54, 1.807) is 12.3 Å². The van der Waals surface area contributed by atoms with Crippen molar-refractivity contribution in [2.24, 2.45) is 11.1 Å². The summed E-state index contributed by atoms with van der Waals surface area (Å²) >= 11 is 0. The van der Waals surface area contributed by atoms with Crippen molar-refractivity contribution in [2.75, 3.05) is 0 Å². The van der Waals surface area contributed by atoms with Gasteiger partial charge in [0.15, 0.2) is 0 Å². The Labute approximate surface area is 116 Å². The first-order chi connectivity index (χ1) is 9.57. The lowest BCUT2D eigenvalue weighted by Crippen LogP contribution is -2.10. The highest BCUT2D eigenvalue weighted by Gasteiger charge is 2.32. The first-order valence-electron chi connectivity index (χ1n) is 6.88. The molecule has 0 amide bonds. The van der Waals surface area contributed by atoms with Gasteiger partial charge in [-0.2, -0.15) is 13.2 Å². The summed E-state index contributed by atoms with van der Waals surface area (Å²) in [5.74, 6) is 0.404. The maximum atomic E-state index is 12.8. The van der Waals surface area contributed by atoms with Gasteiger partial charge in [0, 0.05) is 11.8 Å². The van der Waals surface area contributed by atoms with Crippen LogP contribution in [0, 0.1) is 5.92 Å². The van der Waals surface area contributed by atoms with Crippen molar-refractivity contribution < 1.29 is 18.0 Å². The molecule has 2 rings (SSSR count). The van der Waals surface area contributed by atoms with E-state index in [1.165, 1.54) is 31.4 Å². The molecule has 0 saturated heterocycles. The van der Waals surface area contributed by atoms with Crippen molar-refractivity contribution in [1.82, 2.24) is 0 Å². The van der Waals surface area contributed by atoms with Crippen LogP contribution in [0.25, 0.3) is 0 Å². The molecule has 0 aromatic heterocycles. The minimum absolute atomic E-state index is 0.112. The van der Waals surface area contributed by atoms with Gasteiger partial charge in [0.25, 0.3) is 0 Å². The molecule has 0 N–H and O–H groups in total. The lowest BCUT2D eigenvalue weighted by atomic mass is 9.90. The van der Waals surface area contributed by atoms with Crippen molar-refractivity contribution in [3.05, 3.63) is 35.4 Å². The summed E-state index contributed by atoms with van der Waals surface area (Å²) in [6, 6.07) is 5.42. The second-order valence-corrected chi connectivity index (χ2v) is 5.08. The van der Waals surface area contributed by atoms with Crippen molar-refractivity contribution in [3.63, 3.8) is 0 Å². The molecule has 110 valence electrons. The number of rotatable bonds is 4.